The Morgan fingerprint density at radius 2 is 2.00 bits per heavy atom. The molecule has 0 spiro atoms. The van der Waals surface area contributed by atoms with E-state index < -0.39 is 0 Å². The third-order valence-electron chi connectivity index (χ3n) is 5.51. The summed E-state index contributed by atoms with van der Waals surface area (Å²) in [7, 11) is 1.93. The van der Waals surface area contributed by atoms with Crippen molar-refractivity contribution in [3.8, 4) is 22.8 Å². The highest BCUT2D eigenvalue weighted by atomic mass is 16.3. The molecule has 5 heterocycles. The highest BCUT2D eigenvalue weighted by Gasteiger charge is 2.22. The normalized spacial score (nSPS) is 11.3. The minimum Gasteiger partial charge on any atom is -0.443 e. The Morgan fingerprint density at radius 1 is 1.12 bits per heavy atom. The molecule has 0 amide bonds. The number of carbonyl (C=O) groups is 1. The molecule has 2 N–H and O–H groups in total. The van der Waals surface area contributed by atoms with Crippen molar-refractivity contribution >= 4 is 17.2 Å². The first-order chi connectivity index (χ1) is 16.0. The van der Waals surface area contributed by atoms with E-state index in [9.17, 15) is 4.79 Å². The highest BCUT2D eigenvalue weighted by Crippen LogP contribution is 2.31. The summed E-state index contributed by atoms with van der Waals surface area (Å²) in [5.41, 5.74) is 9.67. The smallest absolute Gasteiger partial charge is 0.247 e. The molecule has 0 atom stereocenters. The molecule has 0 aliphatic heterocycles. The summed E-state index contributed by atoms with van der Waals surface area (Å²) in [4.78, 5) is 35.0. The number of rotatable bonds is 7. The topological polar surface area (TPSA) is 130 Å². The number of imidazole rings is 2. The summed E-state index contributed by atoms with van der Waals surface area (Å²) in [5.74, 6) is 1.08. The predicted molar refractivity (Wildman–Crippen MR) is 121 cm³/mol. The Bertz CT molecular complexity index is 1450. The second-order valence-corrected chi connectivity index (χ2v) is 7.77. The third kappa shape index (κ3) is 3.86. The van der Waals surface area contributed by atoms with Gasteiger partial charge < -0.3 is 19.1 Å². The molecule has 0 bridgehead atoms. The van der Waals surface area contributed by atoms with Crippen molar-refractivity contribution in [2.45, 2.75) is 26.2 Å². The van der Waals surface area contributed by atoms with Crippen molar-refractivity contribution in [2.24, 2.45) is 7.05 Å². The zero-order valence-electron chi connectivity index (χ0n) is 18.3. The van der Waals surface area contributed by atoms with Crippen LogP contribution in [0.3, 0.4) is 0 Å². The third-order valence-corrected chi connectivity index (χ3v) is 5.51. The number of ketones is 1. The summed E-state index contributed by atoms with van der Waals surface area (Å²) in [6.07, 6.45) is 11.9. The van der Waals surface area contributed by atoms with Crippen LogP contribution in [0.25, 0.3) is 28.5 Å². The molecule has 5 aromatic rings. The number of oxazole rings is 1. The fraction of sp³-hybridized carbons (Fsp3) is 0.217. The number of nitrogen functional groups attached to an aromatic ring is 1. The number of hydrogen-bond acceptors (Lipinski definition) is 8. The van der Waals surface area contributed by atoms with Gasteiger partial charge in [-0.25, -0.2) is 24.9 Å². The number of pyridine rings is 1. The standard InChI is InChI=1S/C23H22N8O2/c1-14-12-27-18-7-6-15(13-31(14)18)19-21(23-26-9-11-33-23)29-22(24)20(28-19)16(32)4-3-5-17-25-8-10-30(17)2/h6-13H,3-5H2,1-2H3,(H2,24,29). The van der Waals surface area contributed by atoms with Crippen LogP contribution >= 0.6 is 0 Å². The molecular formula is C23H22N8O2. The van der Waals surface area contributed by atoms with Gasteiger partial charge in [0.1, 0.15) is 29.1 Å². The van der Waals surface area contributed by atoms with Crippen molar-refractivity contribution in [3.63, 3.8) is 0 Å². The molecular weight excluding hydrogens is 420 g/mol. The van der Waals surface area contributed by atoms with E-state index in [1.807, 2.05) is 47.5 Å². The van der Waals surface area contributed by atoms with E-state index in [4.69, 9.17) is 10.2 Å². The van der Waals surface area contributed by atoms with E-state index in [-0.39, 0.29) is 29.6 Å². The molecule has 10 nitrogen and oxygen atoms in total. The van der Waals surface area contributed by atoms with Crippen molar-refractivity contribution in [2.75, 3.05) is 5.73 Å². The van der Waals surface area contributed by atoms with Crippen molar-refractivity contribution < 1.29 is 9.21 Å². The molecule has 5 rings (SSSR count). The largest absolute Gasteiger partial charge is 0.443 e. The first-order valence-corrected chi connectivity index (χ1v) is 10.5. The fourth-order valence-corrected chi connectivity index (χ4v) is 3.75. The van der Waals surface area contributed by atoms with Crippen LogP contribution in [0.4, 0.5) is 5.82 Å². The second kappa shape index (κ2) is 8.30. The van der Waals surface area contributed by atoms with E-state index in [1.54, 1.807) is 12.4 Å². The van der Waals surface area contributed by atoms with Gasteiger partial charge in [-0.15, -0.1) is 0 Å². The number of aryl methyl sites for hydroxylation is 3. The summed E-state index contributed by atoms with van der Waals surface area (Å²) in [6, 6.07) is 3.76. The lowest BCUT2D eigenvalue weighted by atomic mass is 10.1. The van der Waals surface area contributed by atoms with Gasteiger partial charge in [-0.3, -0.25) is 4.79 Å². The Morgan fingerprint density at radius 3 is 2.76 bits per heavy atom. The van der Waals surface area contributed by atoms with Crippen LogP contribution in [0.5, 0.6) is 0 Å². The summed E-state index contributed by atoms with van der Waals surface area (Å²) in [5, 5.41) is 0. The quantitative estimate of drug-likeness (QED) is 0.380. The van der Waals surface area contributed by atoms with E-state index >= 15 is 0 Å². The first kappa shape index (κ1) is 20.6. The summed E-state index contributed by atoms with van der Waals surface area (Å²) >= 11 is 0. The average molecular weight is 442 g/mol. The van der Waals surface area contributed by atoms with Gasteiger partial charge in [0.25, 0.3) is 0 Å². The number of nitrogens with two attached hydrogens (primary N) is 1. The van der Waals surface area contributed by atoms with Crippen LogP contribution < -0.4 is 5.73 Å². The number of carbonyl (C=O) groups excluding carboxylic acids is 1. The molecule has 5 aromatic heterocycles. The number of nitrogens with zero attached hydrogens (tertiary/aromatic N) is 7. The number of aromatic nitrogens is 7. The molecule has 10 heteroatoms. The van der Waals surface area contributed by atoms with E-state index in [2.05, 4.69) is 24.9 Å². The Labute approximate surface area is 189 Å². The highest BCUT2D eigenvalue weighted by molar-refractivity contribution is 5.99. The lowest BCUT2D eigenvalue weighted by Gasteiger charge is -2.11. The van der Waals surface area contributed by atoms with Crippen LogP contribution in [-0.4, -0.2) is 39.7 Å². The van der Waals surface area contributed by atoms with Crippen LogP contribution in [0, 0.1) is 6.92 Å². The molecule has 166 valence electrons. The van der Waals surface area contributed by atoms with Gasteiger partial charge in [-0.1, -0.05) is 0 Å². The minimum absolute atomic E-state index is 0.0498. The minimum atomic E-state index is -0.172. The molecule has 0 radical (unpaired) electrons. The Kier molecular flexibility index (Phi) is 5.17. The van der Waals surface area contributed by atoms with Crippen molar-refractivity contribution in [1.29, 1.82) is 0 Å². The zero-order valence-corrected chi connectivity index (χ0v) is 18.3. The fourth-order valence-electron chi connectivity index (χ4n) is 3.75. The van der Waals surface area contributed by atoms with E-state index in [0.717, 1.165) is 22.7 Å². The van der Waals surface area contributed by atoms with Crippen LogP contribution in [0.15, 0.2) is 53.8 Å². The number of hydrogen-bond donors (Lipinski definition) is 1. The van der Waals surface area contributed by atoms with Gasteiger partial charge in [-0.05, 0) is 25.5 Å². The van der Waals surface area contributed by atoms with Gasteiger partial charge in [0, 0.05) is 55.9 Å². The van der Waals surface area contributed by atoms with Crippen LogP contribution in [0.1, 0.15) is 34.8 Å². The maximum Gasteiger partial charge on any atom is 0.247 e. The average Bonchev–Trinajstić information content (AvgIpc) is 3.56. The van der Waals surface area contributed by atoms with Crippen molar-refractivity contribution in [3.05, 3.63) is 66.6 Å². The van der Waals surface area contributed by atoms with Gasteiger partial charge in [0.2, 0.25) is 5.89 Å². The van der Waals surface area contributed by atoms with Crippen LogP contribution in [0.2, 0.25) is 0 Å². The summed E-state index contributed by atoms with van der Waals surface area (Å²) < 4.78 is 9.35. The van der Waals surface area contributed by atoms with Crippen molar-refractivity contribution in [1.82, 2.24) is 33.9 Å². The van der Waals surface area contributed by atoms with Gasteiger partial charge in [0.05, 0.1) is 6.20 Å². The number of anilines is 1. The lowest BCUT2D eigenvalue weighted by Crippen LogP contribution is -2.12. The molecule has 0 aliphatic rings. The zero-order chi connectivity index (χ0) is 22.9. The molecule has 0 saturated carbocycles. The van der Waals surface area contributed by atoms with E-state index in [1.165, 1.54) is 12.5 Å². The molecule has 0 fully saturated rings. The van der Waals surface area contributed by atoms with Gasteiger partial charge in [-0.2, -0.15) is 0 Å². The number of fused-ring (bicyclic) bond motifs is 1. The molecule has 0 aliphatic carbocycles. The summed E-state index contributed by atoms with van der Waals surface area (Å²) in [6.45, 7) is 1.96. The maximum absolute atomic E-state index is 13.0. The molecule has 0 unspecified atom stereocenters. The lowest BCUT2D eigenvalue weighted by molar-refractivity contribution is 0.0976. The Hall–Kier alpha value is -4.34. The van der Waals surface area contributed by atoms with Gasteiger partial charge >= 0.3 is 0 Å². The predicted octanol–water partition coefficient (Wildman–Crippen LogP) is 3.28. The van der Waals surface area contributed by atoms with Crippen LogP contribution in [-0.2, 0) is 13.5 Å². The molecule has 33 heavy (non-hydrogen) atoms. The first-order valence-electron chi connectivity index (χ1n) is 10.5. The monoisotopic (exact) mass is 442 g/mol. The van der Waals surface area contributed by atoms with E-state index in [0.29, 0.717) is 24.2 Å². The molecule has 0 saturated heterocycles. The maximum atomic E-state index is 13.0. The second-order valence-electron chi connectivity index (χ2n) is 7.77. The number of Topliss-reactive ketones (excluding diaryl/α,β-unsaturated/α-hetero) is 1. The Balaban J connectivity index is 1.52. The van der Waals surface area contributed by atoms with Gasteiger partial charge in [0.15, 0.2) is 17.3 Å². The SMILES string of the molecule is Cc1cnc2ccc(-c3nc(C(=O)CCCc4nccn4C)c(N)nc3-c3ncco3)cn12. The molecule has 0 aromatic carbocycles.